The molecular formula is C28H29N3O3. The number of fused-ring (bicyclic) bond motifs is 1. The van der Waals surface area contributed by atoms with Gasteiger partial charge in [-0.25, -0.2) is 4.98 Å². The molecule has 0 aliphatic carbocycles. The van der Waals surface area contributed by atoms with Crippen molar-refractivity contribution in [1.82, 2.24) is 14.9 Å². The summed E-state index contributed by atoms with van der Waals surface area (Å²) in [5.41, 5.74) is 4.93. The summed E-state index contributed by atoms with van der Waals surface area (Å²) < 4.78 is 7.19. The van der Waals surface area contributed by atoms with Gasteiger partial charge in [-0.2, -0.15) is 0 Å². The molecule has 174 valence electrons. The minimum atomic E-state index is -0.303. The lowest BCUT2D eigenvalue weighted by molar-refractivity contribution is -0.148. The second-order valence-electron chi connectivity index (χ2n) is 8.48. The number of imidazole rings is 1. The summed E-state index contributed by atoms with van der Waals surface area (Å²) in [7, 11) is 0. The molecule has 4 rings (SSSR count). The smallest absolute Gasteiger partial charge is 0.326 e. The fourth-order valence-corrected chi connectivity index (χ4v) is 3.93. The number of aromatic nitrogens is 2. The van der Waals surface area contributed by atoms with Gasteiger partial charge in [-0.05, 0) is 42.7 Å². The number of esters is 1. The lowest BCUT2D eigenvalue weighted by Crippen LogP contribution is -2.28. The van der Waals surface area contributed by atoms with E-state index in [1.807, 2.05) is 85.1 Å². The fraction of sp³-hybridized carbons (Fsp3) is 0.250. The van der Waals surface area contributed by atoms with E-state index in [1.54, 1.807) is 0 Å². The first-order valence-corrected chi connectivity index (χ1v) is 11.5. The number of hydrogen-bond acceptors (Lipinski definition) is 4. The monoisotopic (exact) mass is 455 g/mol. The van der Waals surface area contributed by atoms with Crippen molar-refractivity contribution in [3.8, 4) is 11.1 Å². The molecule has 0 saturated heterocycles. The SMILES string of the molecule is CC(C)OC(=O)Cn1c(CCNC(=O)Cc2ccc(-c3ccccc3)cc2)nc2ccccc21. The Morgan fingerprint density at radius 3 is 2.32 bits per heavy atom. The average molecular weight is 456 g/mol. The van der Waals surface area contributed by atoms with Gasteiger partial charge in [0.2, 0.25) is 5.91 Å². The molecule has 0 atom stereocenters. The molecule has 0 saturated carbocycles. The molecule has 1 aromatic heterocycles. The summed E-state index contributed by atoms with van der Waals surface area (Å²) in [4.78, 5) is 29.4. The Kier molecular flexibility index (Phi) is 7.38. The number of nitrogens with zero attached hydrogens (tertiary/aromatic N) is 2. The Morgan fingerprint density at radius 2 is 1.59 bits per heavy atom. The maximum Gasteiger partial charge on any atom is 0.326 e. The van der Waals surface area contributed by atoms with Crippen molar-refractivity contribution < 1.29 is 14.3 Å². The van der Waals surface area contributed by atoms with Gasteiger partial charge in [0.25, 0.3) is 0 Å². The number of benzene rings is 3. The number of amides is 1. The highest BCUT2D eigenvalue weighted by Crippen LogP contribution is 2.20. The summed E-state index contributed by atoms with van der Waals surface area (Å²) >= 11 is 0. The van der Waals surface area contributed by atoms with Crippen LogP contribution in [0.5, 0.6) is 0 Å². The van der Waals surface area contributed by atoms with Gasteiger partial charge in [0.1, 0.15) is 12.4 Å². The summed E-state index contributed by atoms with van der Waals surface area (Å²) in [5.74, 6) is 0.395. The van der Waals surface area contributed by atoms with Crippen LogP contribution in [-0.4, -0.2) is 34.1 Å². The van der Waals surface area contributed by atoms with Crippen molar-refractivity contribution in [3.63, 3.8) is 0 Å². The van der Waals surface area contributed by atoms with Gasteiger partial charge in [0.15, 0.2) is 0 Å². The van der Waals surface area contributed by atoms with Crippen molar-refractivity contribution in [2.75, 3.05) is 6.54 Å². The Hall–Kier alpha value is -3.93. The van der Waals surface area contributed by atoms with Crippen LogP contribution < -0.4 is 5.32 Å². The predicted octanol–water partition coefficient (Wildman–Crippen LogP) is 4.56. The zero-order chi connectivity index (χ0) is 23.9. The van der Waals surface area contributed by atoms with E-state index in [9.17, 15) is 9.59 Å². The molecule has 0 aliphatic rings. The molecule has 1 amide bonds. The lowest BCUT2D eigenvalue weighted by atomic mass is 10.0. The molecule has 1 heterocycles. The van der Waals surface area contributed by atoms with E-state index < -0.39 is 0 Å². The van der Waals surface area contributed by atoms with Gasteiger partial charge in [0.05, 0.1) is 23.6 Å². The maximum atomic E-state index is 12.5. The standard InChI is InChI=1S/C28H29N3O3/c1-20(2)34-28(33)19-31-25-11-7-6-10-24(25)30-26(31)16-17-29-27(32)18-21-12-14-23(15-13-21)22-8-4-3-5-9-22/h3-15,20H,16-19H2,1-2H3,(H,29,32). The highest BCUT2D eigenvalue weighted by Gasteiger charge is 2.15. The van der Waals surface area contributed by atoms with Crippen LogP contribution in [0, 0.1) is 0 Å². The number of carbonyl (C=O) groups excluding carboxylic acids is 2. The maximum absolute atomic E-state index is 12.5. The topological polar surface area (TPSA) is 73.2 Å². The van der Waals surface area contributed by atoms with E-state index in [0.717, 1.165) is 33.5 Å². The molecule has 0 spiro atoms. The minimum Gasteiger partial charge on any atom is -0.462 e. The largest absolute Gasteiger partial charge is 0.462 e. The summed E-state index contributed by atoms with van der Waals surface area (Å²) in [6, 6.07) is 25.9. The highest BCUT2D eigenvalue weighted by atomic mass is 16.5. The van der Waals surface area contributed by atoms with Crippen LogP contribution in [0.1, 0.15) is 25.2 Å². The first-order chi connectivity index (χ1) is 16.5. The van der Waals surface area contributed by atoms with Crippen molar-refractivity contribution in [1.29, 1.82) is 0 Å². The normalized spacial score (nSPS) is 11.0. The summed E-state index contributed by atoms with van der Waals surface area (Å²) in [6.07, 6.45) is 0.654. The van der Waals surface area contributed by atoms with E-state index >= 15 is 0 Å². The number of nitrogens with one attached hydrogen (secondary N) is 1. The number of ether oxygens (including phenoxy) is 1. The predicted molar refractivity (Wildman–Crippen MR) is 133 cm³/mol. The van der Waals surface area contributed by atoms with E-state index in [0.29, 0.717) is 19.4 Å². The average Bonchev–Trinajstić information content (AvgIpc) is 3.16. The molecule has 4 aromatic rings. The Morgan fingerprint density at radius 1 is 0.912 bits per heavy atom. The molecule has 0 fully saturated rings. The van der Waals surface area contributed by atoms with E-state index in [4.69, 9.17) is 4.74 Å². The third-order valence-electron chi connectivity index (χ3n) is 5.48. The van der Waals surface area contributed by atoms with Crippen LogP contribution >= 0.6 is 0 Å². The van der Waals surface area contributed by atoms with E-state index in [2.05, 4.69) is 22.4 Å². The van der Waals surface area contributed by atoms with Crippen LogP contribution in [0.3, 0.4) is 0 Å². The van der Waals surface area contributed by atoms with Crippen molar-refractivity contribution in [2.24, 2.45) is 0 Å². The van der Waals surface area contributed by atoms with Gasteiger partial charge in [-0.3, -0.25) is 9.59 Å². The van der Waals surface area contributed by atoms with Crippen LogP contribution in [-0.2, 0) is 33.7 Å². The molecule has 0 radical (unpaired) electrons. The van der Waals surface area contributed by atoms with Crippen LogP contribution in [0.25, 0.3) is 22.2 Å². The molecular weight excluding hydrogens is 426 g/mol. The third kappa shape index (κ3) is 5.90. The molecule has 0 bridgehead atoms. The molecule has 3 aromatic carbocycles. The Bertz CT molecular complexity index is 1260. The lowest BCUT2D eigenvalue weighted by Gasteiger charge is -2.12. The molecule has 34 heavy (non-hydrogen) atoms. The summed E-state index contributed by atoms with van der Waals surface area (Å²) in [6.45, 7) is 4.18. The Balaban J connectivity index is 1.35. The van der Waals surface area contributed by atoms with Gasteiger partial charge in [0, 0.05) is 13.0 Å². The number of carbonyl (C=O) groups is 2. The second-order valence-corrected chi connectivity index (χ2v) is 8.48. The first-order valence-electron chi connectivity index (χ1n) is 11.5. The molecule has 6 nitrogen and oxygen atoms in total. The minimum absolute atomic E-state index is 0.0469. The summed E-state index contributed by atoms with van der Waals surface area (Å²) in [5, 5.41) is 2.97. The van der Waals surface area contributed by atoms with Crippen LogP contribution in [0.15, 0.2) is 78.9 Å². The van der Waals surface area contributed by atoms with E-state index in [-0.39, 0.29) is 24.5 Å². The molecule has 0 aliphatic heterocycles. The zero-order valence-corrected chi connectivity index (χ0v) is 19.5. The van der Waals surface area contributed by atoms with Gasteiger partial charge >= 0.3 is 5.97 Å². The third-order valence-corrected chi connectivity index (χ3v) is 5.48. The molecule has 6 heteroatoms. The second kappa shape index (κ2) is 10.8. The first kappa shape index (κ1) is 23.2. The number of hydrogen-bond donors (Lipinski definition) is 1. The Labute approximate surface area is 199 Å². The van der Waals surface area contributed by atoms with Crippen molar-refractivity contribution >= 4 is 22.9 Å². The quantitative estimate of drug-likeness (QED) is 0.376. The van der Waals surface area contributed by atoms with Gasteiger partial charge < -0.3 is 14.6 Å². The van der Waals surface area contributed by atoms with Gasteiger partial charge in [-0.15, -0.1) is 0 Å². The number of para-hydroxylation sites is 2. The van der Waals surface area contributed by atoms with Crippen LogP contribution in [0.4, 0.5) is 0 Å². The fourth-order valence-electron chi connectivity index (χ4n) is 3.93. The van der Waals surface area contributed by atoms with Crippen LogP contribution in [0.2, 0.25) is 0 Å². The van der Waals surface area contributed by atoms with Gasteiger partial charge in [-0.1, -0.05) is 66.7 Å². The van der Waals surface area contributed by atoms with E-state index in [1.165, 1.54) is 0 Å². The zero-order valence-electron chi connectivity index (χ0n) is 19.5. The number of rotatable bonds is 9. The molecule has 0 unspecified atom stereocenters. The van der Waals surface area contributed by atoms with Crippen molar-refractivity contribution in [2.45, 2.75) is 39.3 Å². The van der Waals surface area contributed by atoms with Crippen molar-refractivity contribution in [3.05, 3.63) is 90.3 Å². The highest BCUT2D eigenvalue weighted by molar-refractivity contribution is 5.80. The molecule has 1 N–H and O–H groups in total.